The minimum atomic E-state index is 0.793. The van der Waals surface area contributed by atoms with Crippen molar-refractivity contribution < 1.29 is 0 Å². The van der Waals surface area contributed by atoms with Gasteiger partial charge in [0.2, 0.25) is 5.16 Å². The van der Waals surface area contributed by atoms with Gasteiger partial charge in [0, 0.05) is 5.75 Å². The van der Waals surface area contributed by atoms with Gasteiger partial charge in [0.05, 0.1) is 11.1 Å². The van der Waals surface area contributed by atoms with Crippen molar-refractivity contribution in [2.45, 2.75) is 24.8 Å². The summed E-state index contributed by atoms with van der Waals surface area (Å²) in [4.78, 5) is 1.16. The lowest BCUT2D eigenvalue weighted by Gasteiger charge is -2.02. The number of rotatable bonds is 5. The average Bonchev–Trinajstić information content (AvgIpc) is 3.10. The molecule has 0 fully saturated rings. The molecule has 112 valence electrons. The first-order valence-electron chi connectivity index (χ1n) is 6.91. The van der Waals surface area contributed by atoms with Crippen molar-refractivity contribution in [2.75, 3.05) is 0 Å². The zero-order valence-corrected chi connectivity index (χ0v) is 14.1. The van der Waals surface area contributed by atoms with Gasteiger partial charge in [-0.15, -0.1) is 21.5 Å². The molecule has 0 amide bonds. The number of thiophene rings is 1. The third-order valence-corrected chi connectivity index (χ3v) is 5.11. The summed E-state index contributed by atoms with van der Waals surface area (Å²) in [6.45, 7) is 4.00. The Labute approximate surface area is 137 Å². The van der Waals surface area contributed by atoms with E-state index in [0.29, 0.717) is 0 Å². The molecule has 0 aliphatic rings. The molecule has 0 bridgehead atoms. The Morgan fingerprint density at radius 1 is 1.18 bits per heavy atom. The molecule has 0 spiro atoms. The van der Waals surface area contributed by atoms with E-state index in [-0.39, 0.29) is 0 Å². The van der Waals surface area contributed by atoms with Crippen molar-refractivity contribution in [1.29, 1.82) is 0 Å². The summed E-state index contributed by atoms with van der Waals surface area (Å²) in [6.07, 6.45) is 1.88. The molecule has 6 heteroatoms. The first kappa shape index (κ1) is 15.0. The van der Waals surface area contributed by atoms with Crippen LogP contribution in [0.5, 0.6) is 0 Å². The molecular formula is C16H16N4S2. The van der Waals surface area contributed by atoms with Crippen LogP contribution < -0.4 is 0 Å². The first-order chi connectivity index (χ1) is 10.7. The molecule has 3 aromatic rings. The molecule has 0 atom stereocenters. The van der Waals surface area contributed by atoms with Gasteiger partial charge in [-0.3, -0.25) is 0 Å². The smallest absolute Gasteiger partial charge is 0.192 e. The third-order valence-electron chi connectivity index (χ3n) is 3.17. The fourth-order valence-corrected chi connectivity index (χ4v) is 3.58. The van der Waals surface area contributed by atoms with E-state index < -0.39 is 0 Å². The number of thioether (sulfide) groups is 1. The highest BCUT2D eigenvalue weighted by Crippen LogP contribution is 2.22. The van der Waals surface area contributed by atoms with Crippen molar-refractivity contribution in [1.82, 2.24) is 14.9 Å². The van der Waals surface area contributed by atoms with E-state index in [0.717, 1.165) is 21.6 Å². The van der Waals surface area contributed by atoms with E-state index in [1.54, 1.807) is 27.8 Å². The van der Waals surface area contributed by atoms with E-state index in [1.807, 2.05) is 31.3 Å². The maximum Gasteiger partial charge on any atom is 0.212 e. The van der Waals surface area contributed by atoms with Gasteiger partial charge in [0.1, 0.15) is 0 Å². The Hall–Kier alpha value is -1.92. The van der Waals surface area contributed by atoms with Crippen LogP contribution in [0.2, 0.25) is 0 Å². The van der Waals surface area contributed by atoms with Gasteiger partial charge in [0.25, 0.3) is 0 Å². The number of hydrogen-bond acceptors (Lipinski definition) is 5. The summed E-state index contributed by atoms with van der Waals surface area (Å²) >= 11 is 3.32. The van der Waals surface area contributed by atoms with E-state index in [2.05, 4.69) is 45.8 Å². The molecule has 2 aromatic heterocycles. The van der Waals surface area contributed by atoms with Crippen molar-refractivity contribution >= 4 is 29.3 Å². The quantitative estimate of drug-likeness (QED) is 0.522. The molecule has 0 saturated heterocycles. The number of benzene rings is 1. The maximum absolute atomic E-state index is 4.54. The number of hydrogen-bond donors (Lipinski definition) is 0. The summed E-state index contributed by atoms with van der Waals surface area (Å²) in [5, 5.41) is 15.8. The zero-order valence-electron chi connectivity index (χ0n) is 12.4. The second-order valence-corrected chi connectivity index (χ2v) is 6.72. The summed E-state index contributed by atoms with van der Waals surface area (Å²) < 4.78 is 1.80. The van der Waals surface area contributed by atoms with Crippen molar-refractivity contribution in [3.8, 4) is 0 Å². The number of aryl methyl sites for hydroxylation is 2. The lowest BCUT2D eigenvalue weighted by molar-refractivity contribution is 0.744. The van der Waals surface area contributed by atoms with Crippen LogP contribution in [0.15, 0.2) is 52.0 Å². The van der Waals surface area contributed by atoms with Gasteiger partial charge < -0.3 is 0 Å². The molecule has 1 aromatic carbocycles. The Morgan fingerprint density at radius 2 is 2.00 bits per heavy atom. The van der Waals surface area contributed by atoms with E-state index >= 15 is 0 Å². The molecule has 0 aliphatic carbocycles. The average molecular weight is 328 g/mol. The third kappa shape index (κ3) is 3.45. The van der Waals surface area contributed by atoms with Crippen LogP contribution in [0.1, 0.15) is 21.8 Å². The minimum absolute atomic E-state index is 0.793. The Bertz CT molecular complexity index is 775. The Kier molecular flexibility index (Phi) is 4.70. The van der Waals surface area contributed by atoms with Gasteiger partial charge >= 0.3 is 0 Å². The fourth-order valence-electron chi connectivity index (χ4n) is 1.91. The molecular weight excluding hydrogens is 312 g/mol. The highest BCUT2D eigenvalue weighted by atomic mass is 32.2. The first-order valence-corrected chi connectivity index (χ1v) is 8.78. The van der Waals surface area contributed by atoms with Crippen LogP contribution in [0.3, 0.4) is 0 Å². The second-order valence-electron chi connectivity index (χ2n) is 4.83. The molecule has 0 saturated carbocycles. The summed E-state index contributed by atoms with van der Waals surface area (Å²) in [5.41, 5.74) is 2.50. The molecule has 3 rings (SSSR count). The highest BCUT2D eigenvalue weighted by molar-refractivity contribution is 7.98. The Morgan fingerprint density at radius 3 is 2.73 bits per heavy atom. The highest BCUT2D eigenvalue weighted by Gasteiger charge is 2.09. The maximum atomic E-state index is 4.54. The lowest BCUT2D eigenvalue weighted by Crippen LogP contribution is -1.96. The monoisotopic (exact) mass is 328 g/mol. The summed E-state index contributed by atoms with van der Waals surface area (Å²) in [7, 11) is 0. The van der Waals surface area contributed by atoms with Crippen molar-refractivity contribution in [3.63, 3.8) is 0 Å². The number of aromatic nitrogens is 3. The Balaban J connectivity index is 1.76. The van der Waals surface area contributed by atoms with Crippen molar-refractivity contribution in [3.05, 3.63) is 63.6 Å². The van der Waals surface area contributed by atoms with Crippen LogP contribution >= 0.6 is 23.1 Å². The van der Waals surface area contributed by atoms with Crippen LogP contribution in [0.25, 0.3) is 0 Å². The van der Waals surface area contributed by atoms with Crippen LogP contribution in [-0.4, -0.2) is 21.1 Å². The normalized spacial score (nSPS) is 11.4. The predicted octanol–water partition coefficient (Wildman–Crippen LogP) is 4.13. The topological polar surface area (TPSA) is 43.1 Å². The fraction of sp³-hybridized carbons (Fsp3) is 0.188. The molecule has 0 aliphatic heterocycles. The van der Waals surface area contributed by atoms with Crippen molar-refractivity contribution in [2.24, 2.45) is 5.10 Å². The van der Waals surface area contributed by atoms with Gasteiger partial charge in [-0.2, -0.15) is 9.78 Å². The van der Waals surface area contributed by atoms with Crippen LogP contribution in [0.4, 0.5) is 0 Å². The van der Waals surface area contributed by atoms with E-state index in [4.69, 9.17) is 0 Å². The molecule has 0 N–H and O–H groups in total. The van der Waals surface area contributed by atoms with Crippen LogP contribution in [0, 0.1) is 13.8 Å². The molecule has 22 heavy (non-hydrogen) atoms. The largest absolute Gasteiger partial charge is 0.212 e. The molecule has 4 nitrogen and oxygen atoms in total. The SMILES string of the molecule is Cc1ccsc1/C=N/n1c(C)nnc1SCc1ccccc1. The predicted molar refractivity (Wildman–Crippen MR) is 92.8 cm³/mol. The lowest BCUT2D eigenvalue weighted by atomic mass is 10.2. The summed E-state index contributed by atoms with van der Waals surface area (Å²) in [6, 6.07) is 12.4. The molecule has 0 radical (unpaired) electrons. The second kappa shape index (κ2) is 6.89. The van der Waals surface area contributed by atoms with Gasteiger partial charge in [-0.25, -0.2) is 0 Å². The van der Waals surface area contributed by atoms with Crippen LogP contribution in [-0.2, 0) is 5.75 Å². The van der Waals surface area contributed by atoms with Gasteiger partial charge in [0.15, 0.2) is 5.82 Å². The summed E-state index contributed by atoms with van der Waals surface area (Å²) in [5.74, 6) is 1.65. The number of nitrogens with zero attached hydrogens (tertiary/aromatic N) is 4. The van der Waals surface area contributed by atoms with E-state index in [1.165, 1.54) is 11.1 Å². The standard InChI is InChI=1S/C16H16N4S2/c1-12-8-9-21-15(12)10-17-20-13(2)18-19-16(20)22-11-14-6-4-3-5-7-14/h3-10H,11H2,1-2H3/b17-10+. The minimum Gasteiger partial charge on any atom is -0.192 e. The van der Waals surface area contributed by atoms with Gasteiger partial charge in [-0.05, 0) is 36.4 Å². The molecule has 0 unspecified atom stereocenters. The van der Waals surface area contributed by atoms with Gasteiger partial charge in [-0.1, -0.05) is 42.1 Å². The van der Waals surface area contributed by atoms with E-state index in [9.17, 15) is 0 Å². The zero-order chi connectivity index (χ0) is 15.4. The molecule has 2 heterocycles.